The number of ether oxygens (including phenoxy) is 1. The summed E-state index contributed by atoms with van der Waals surface area (Å²) in [7, 11) is 1.41. The Labute approximate surface area is 88.0 Å². The molecule has 0 spiro atoms. The molecule has 1 rings (SSSR count). The largest absolute Gasteiger partial charge is 0.496 e. The second-order valence-corrected chi connectivity index (χ2v) is 3.62. The van der Waals surface area contributed by atoms with Crippen LogP contribution in [-0.2, 0) is 6.42 Å². The first-order valence-corrected chi connectivity index (χ1v) is 4.61. The molecule has 5 heteroatoms. The number of methoxy groups -OCH3 is 1. The molecule has 0 aliphatic rings. The van der Waals surface area contributed by atoms with Crippen molar-refractivity contribution in [3.8, 4) is 5.75 Å². The smallest absolute Gasteiger partial charge is 0.393 e. The van der Waals surface area contributed by atoms with E-state index in [9.17, 15) is 13.2 Å². The first-order valence-electron chi connectivity index (χ1n) is 3.81. The minimum atomic E-state index is -4.18. The molecule has 1 nitrogen and oxygen atoms in total. The van der Waals surface area contributed by atoms with Crippen LogP contribution in [0.15, 0.2) is 22.7 Å². The molecule has 0 aliphatic carbocycles. The lowest BCUT2D eigenvalue weighted by molar-refractivity contribution is -0.127. The monoisotopic (exact) mass is 268 g/mol. The first kappa shape index (κ1) is 11.4. The van der Waals surface area contributed by atoms with Gasteiger partial charge in [-0.25, -0.2) is 0 Å². The molecule has 1 aromatic carbocycles. The van der Waals surface area contributed by atoms with Crippen LogP contribution < -0.4 is 4.74 Å². The standard InChI is InChI=1S/C9H8BrF3O/c1-14-8-4-6(2-3-7(8)10)5-9(11,12)13/h2-4H,5H2,1H3. The van der Waals surface area contributed by atoms with Gasteiger partial charge in [0, 0.05) is 0 Å². The number of rotatable bonds is 2. The predicted molar refractivity (Wildman–Crippen MR) is 50.5 cm³/mol. The van der Waals surface area contributed by atoms with Crippen LogP contribution in [0.2, 0.25) is 0 Å². The van der Waals surface area contributed by atoms with Crippen molar-refractivity contribution in [2.24, 2.45) is 0 Å². The van der Waals surface area contributed by atoms with Gasteiger partial charge in [0.1, 0.15) is 5.75 Å². The Morgan fingerprint density at radius 3 is 2.50 bits per heavy atom. The molecule has 78 valence electrons. The Bertz CT molecular complexity index is 322. The van der Waals surface area contributed by atoms with Gasteiger partial charge in [0.25, 0.3) is 0 Å². The second-order valence-electron chi connectivity index (χ2n) is 2.76. The van der Waals surface area contributed by atoms with Gasteiger partial charge >= 0.3 is 6.18 Å². The zero-order valence-electron chi connectivity index (χ0n) is 7.36. The van der Waals surface area contributed by atoms with Crippen molar-refractivity contribution in [2.45, 2.75) is 12.6 Å². The Morgan fingerprint density at radius 2 is 2.00 bits per heavy atom. The third-order valence-corrected chi connectivity index (χ3v) is 2.28. The lowest BCUT2D eigenvalue weighted by Gasteiger charge is -2.08. The molecule has 0 aliphatic heterocycles. The van der Waals surface area contributed by atoms with Gasteiger partial charge in [0.05, 0.1) is 18.0 Å². The second kappa shape index (κ2) is 4.21. The highest BCUT2D eigenvalue weighted by atomic mass is 79.9. The van der Waals surface area contributed by atoms with Gasteiger partial charge in [-0.1, -0.05) is 6.07 Å². The van der Waals surface area contributed by atoms with Gasteiger partial charge in [-0.3, -0.25) is 0 Å². The highest BCUT2D eigenvalue weighted by molar-refractivity contribution is 9.10. The summed E-state index contributed by atoms with van der Waals surface area (Å²) in [6.07, 6.45) is -5.12. The lowest BCUT2D eigenvalue weighted by Crippen LogP contribution is -2.11. The van der Waals surface area contributed by atoms with Gasteiger partial charge in [0.2, 0.25) is 0 Å². The molecule has 0 fully saturated rings. The van der Waals surface area contributed by atoms with Crippen molar-refractivity contribution in [1.29, 1.82) is 0 Å². The maximum Gasteiger partial charge on any atom is 0.393 e. The average Bonchev–Trinajstić information content (AvgIpc) is 2.06. The Hall–Kier alpha value is -0.710. The van der Waals surface area contributed by atoms with E-state index in [0.29, 0.717) is 10.2 Å². The lowest BCUT2D eigenvalue weighted by atomic mass is 10.1. The van der Waals surface area contributed by atoms with Crippen molar-refractivity contribution in [3.05, 3.63) is 28.2 Å². The van der Waals surface area contributed by atoms with E-state index in [1.54, 1.807) is 6.07 Å². The molecule has 0 unspecified atom stereocenters. The molecular formula is C9H8BrF3O. The van der Waals surface area contributed by atoms with Gasteiger partial charge in [0.15, 0.2) is 0 Å². The number of hydrogen-bond acceptors (Lipinski definition) is 1. The normalized spacial score (nSPS) is 11.5. The van der Waals surface area contributed by atoms with Crippen molar-refractivity contribution >= 4 is 15.9 Å². The number of hydrogen-bond donors (Lipinski definition) is 0. The number of alkyl halides is 3. The quantitative estimate of drug-likeness (QED) is 0.797. The summed E-state index contributed by atoms with van der Waals surface area (Å²) in [6, 6.07) is 4.33. The van der Waals surface area contributed by atoms with E-state index in [-0.39, 0.29) is 5.56 Å². The van der Waals surface area contributed by atoms with Gasteiger partial charge < -0.3 is 4.74 Å². The molecule has 0 N–H and O–H groups in total. The summed E-state index contributed by atoms with van der Waals surface area (Å²) in [5.41, 5.74) is 0.192. The van der Waals surface area contributed by atoms with Crippen LogP contribution in [0, 0.1) is 0 Å². The molecule has 0 saturated carbocycles. The molecular weight excluding hydrogens is 261 g/mol. The molecule has 14 heavy (non-hydrogen) atoms. The third-order valence-electron chi connectivity index (χ3n) is 1.62. The summed E-state index contributed by atoms with van der Waals surface area (Å²) in [6.45, 7) is 0. The Morgan fingerprint density at radius 1 is 1.36 bits per heavy atom. The molecule has 0 saturated heterocycles. The van der Waals surface area contributed by atoms with Crippen LogP contribution in [0.4, 0.5) is 13.2 Å². The van der Waals surface area contributed by atoms with Crippen molar-refractivity contribution in [3.63, 3.8) is 0 Å². The van der Waals surface area contributed by atoms with Gasteiger partial charge in [-0.2, -0.15) is 13.2 Å². The fraction of sp³-hybridized carbons (Fsp3) is 0.333. The third kappa shape index (κ3) is 3.21. The first-order chi connectivity index (χ1) is 6.42. The summed E-state index contributed by atoms with van der Waals surface area (Å²) < 4.78 is 41.6. The zero-order chi connectivity index (χ0) is 10.8. The van der Waals surface area contributed by atoms with Crippen LogP contribution in [0.25, 0.3) is 0 Å². The molecule has 1 aromatic rings. The molecule has 0 bridgehead atoms. The van der Waals surface area contributed by atoms with Crippen LogP contribution in [0.3, 0.4) is 0 Å². The Balaban J connectivity index is 2.90. The molecule has 0 amide bonds. The van der Waals surface area contributed by atoms with Crippen LogP contribution in [-0.4, -0.2) is 13.3 Å². The summed E-state index contributed by atoms with van der Waals surface area (Å²) in [4.78, 5) is 0. The minimum absolute atomic E-state index is 0.192. The summed E-state index contributed by atoms with van der Waals surface area (Å²) in [5.74, 6) is 0.409. The van der Waals surface area contributed by atoms with E-state index < -0.39 is 12.6 Å². The van der Waals surface area contributed by atoms with Gasteiger partial charge in [-0.15, -0.1) is 0 Å². The van der Waals surface area contributed by atoms with Crippen LogP contribution in [0.5, 0.6) is 5.75 Å². The van der Waals surface area contributed by atoms with E-state index in [1.165, 1.54) is 19.2 Å². The number of benzene rings is 1. The van der Waals surface area contributed by atoms with E-state index in [0.717, 1.165) is 0 Å². The summed E-state index contributed by atoms with van der Waals surface area (Å²) in [5, 5.41) is 0. The fourth-order valence-electron chi connectivity index (χ4n) is 1.05. The van der Waals surface area contributed by atoms with E-state index in [4.69, 9.17) is 4.74 Å². The average molecular weight is 269 g/mol. The minimum Gasteiger partial charge on any atom is -0.496 e. The van der Waals surface area contributed by atoms with Crippen molar-refractivity contribution in [2.75, 3.05) is 7.11 Å². The molecule has 0 heterocycles. The zero-order valence-corrected chi connectivity index (χ0v) is 8.95. The van der Waals surface area contributed by atoms with E-state index in [2.05, 4.69) is 15.9 Å². The fourth-order valence-corrected chi connectivity index (χ4v) is 1.45. The number of halogens is 4. The van der Waals surface area contributed by atoms with Crippen molar-refractivity contribution in [1.82, 2.24) is 0 Å². The summed E-state index contributed by atoms with van der Waals surface area (Å²) >= 11 is 3.16. The van der Waals surface area contributed by atoms with E-state index >= 15 is 0 Å². The SMILES string of the molecule is COc1cc(CC(F)(F)F)ccc1Br. The topological polar surface area (TPSA) is 9.23 Å². The molecule has 0 aromatic heterocycles. The van der Waals surface area contributed by atoms with E-state index in [1.807, 2.05) is 0 Å². The van der Waals surface area contributed by atoms with Crippen molar-refractivity contribution < 1.29 is 17.9 Å². The van der Waals surface area contributed by atoms with Crippen LogP contribution >= 0.6 is 15.9 Å². The van der Waals surface area contributed by atoms with Gasteiger partial charge in [-0.05, 0) is 33.6 Å². The highest BCUT2D eigenvalue weighted by Gasteiger charge is 2.27. The molecule has 0 atom stereocenters. The van der Waals surface area contributed by atoms with Crippen LogP contribution in [0.1, 0.15) is 5.56 Å². The Kier molecular flexibility index (Phi) is 3.42. The molecule has 0 radical (unpaired) electrons. The predicted octanol–water partition coefficient (Wildman–Crippen LogP) is 3.56. The highest BCUT2D eigenvalue weighted by Crippen LogP contribution is 2.28. The maximum absolute atomic E-state index is 12.0. The maximum atomic E-state index is 12.0.